The lowest BCUT2D eigenvalue weighted by molar-refractivity contribution is -0.516. The molecule has 0 unspecified atom stereocenters. The molecule has 2 rings (SSSR count). The summed E-state index contributed by atoms with van der Waals surface area (Å²) in [4.78, 5) is 2.11. The van der Waals surface area contributed by atoms with Crippen molar-refractivity contribution in [2.75, 3.05) is 49.2 Å². The topological polar surface area (TPSA) is 115 Å². The Morgan fingerprint density at radius 2 is 1.74 bits per heavy atom. The van der Waals surface area contributed by atoms with Crippen LogP contribution >= 0.6 is 23.5 Å². The monoisotopic (exact) mass is 457 g/mol. The van der Waals surface area contributed by atoms with E-state index in [1.807, 2.05) is 18.2 Å². The lowest BCUT2D eigenvalue weighted by Gasteiger charge is -2.17. The predicted octanol–water partition coefficient (Wildman–Crippen LogP) is 1.15. The summed E-state index contributed by atoms with van der Waals surface area (Å²) >= 11 is 3.42. The van der Waals surface area contributed by atoms with E-state index in [0.29, 0.717) is 25.9 Å². The molecule has 0 radical (unpaired) electrons. The molecule has 27 heavy (non-hydrogen) atoms. The summed E-state index contributed by atoms with van der Waals surface area (Å²) in [5.74, 6) is 1.42. The second kappa shape index (κ2) is 10.3. The zero-order valence-corrected chi connectivity index (χ0v) is 18.1. The molecule has 0 aliphatic carbocycles. The van der Waals surface area contributed by atoms with Crippen molar-refractivity contribution < 1.29 is 30.5 Å². The molecule has 2 heterocycles. The van der Waals surface area contributed by atoms with Crippen LogP contribution < -0.4 is 0 Å². The van der Waals surface area contributed by atoms with Crippen LogP contribution in [0.4, 0.5) is 0 Å². The Bertz CT molecular complexity index is 817. The van der Waals surface area contributed by atoms with Gasteiger partial charge in [0.1, 0.15) is 6.54 Å². The standard InChI is InChI=1S/C15H24N2O6S4/c18-26(19,20)12-2-6-16-8-10-24-14(16)4-1-5-15-17(9-11-25-15)7-3-13-27(21,22)23/h1,4-5H,2-3,6-13H2,(H-,18,19,20,21,22,23)/p+1. The fourth-order valence-electron chi connectivity index (χ4n) is 2.76. The Hall–Kier alpha value is -0.530. The molecule has 2 aliphatic heterocycles. The molecule has 1 saturated heterocycles. The molecule has 0 spiro atoms. The van der Waals surface area contributed by atoms with Gasteiger partial charge in [-0.3, -0.25) is 9.11 Å². The van der Waals surface area contributed by atoms with Crippen molar-refractivity contribution in [1.82, 2.24) is 4.90 Å². The average molecular weight is 458 g/mol. The summed E-state index contributed by atoms with van der Waals surface area (Å²) in [6.45, 7) is 2.87. The van der Waals surface area contributed by atoms with Gasteiger partial charge in [-0.15, -0.1) is 11.8 Å². The van der Waals surface area contributed by atoms with Gasteiger partial charge in [0.2, 0.25) is 5.04 Å². The molecule has 0 aromatic heterocycles. The molecule has 0 aromatic rings. The number of hydrogen-bond acceptors (Lipinski definition) is 7. The first-order valence-electron chi connectivity index (χ1n) is 8.55. The highest BCUT2D eigenvalue weighted by Crippen LogP contribution is 2.27. The van der Waals surface area contributed by atoms with Gasteiger partial charge in [0, 0.05) is 31.3 Å². The number of allylic oxidation sites excluding steroid dienone is 2. The van der Waals surface area contributed by atoms with Gasteiger partial charge in [0.25, 0.3) is 20.2 Å². The van der Waals surface area contributed by atoms with E-state index in [9.17, 15) is 16.8 Å². The maximum absolute atomic E-state index is 10.8. The molecule has 154 valence electrons. The van der Waals surface area contributed by atoms with Crippen LogP contribution in [-0.4, -0.2) is 89.7 Å². The van der Waals surface area contributed by atoms with E-state index in [1.54, 1.807) is 23.5 Å². The number of rotatable bonds is 10. The molecular weight excluding hydrogens is 432 g/mol. The summed E-state index contributed by atoms with van der Waals surface area (Å²) in [6.07, 6.45) is 6.71. The van der Waals surface area contributed by atoms with E-state index in [0.717, 1.165) is 34.7 Å². The first-order chi connectivity index (χ1) is 12.6. The van der Waals surface area contributed by atoms with Crippen LogP contribution in [0.25, 0.3) is 0 Å². The van der Waals surface area contributed by atoms with E-state index in [2.05, 4.69) is 9.48 Å². The second-order valence-electron chi connectivity index (χ2n) is 6.15. The molecule has 0 aromatic carbocycles. The number of thioether (sulfide) groups is 2. The van der Waals surface area contributed by atoms with Crippen molar-refractivity contribution >= 4 is 48.8 Å². The van der Waals surface area contributed by atoms with E-state index in [-0.39, 0.29) is 11.5 Å². The van der Waals surface area contributed by atoms with Crippen molar-refractivity contribution in [1.29, 1.82) is 0 Å². The highest BCUT2D eigenvalue weighted by molar-refractivity contribution is 8.14. The smallest absolute Gasteiger partial charge is 0.265 e. The van der Waals surface area contributed by atoms with Gasteiger partial charge in [-0.1, -0.05) is 17.8 Å². The number of hydrogen-bond donors (Lipinski definition) is 2. The highest BCUT2D eigenvalue weighted by atomic mass is 32.2. The third kappa shape index (κ3) is 9.01. The van der Waals surface area contributed by atoms with Crippen LogP contribution in [0.5, 0.6) is 0 Å². The summed E-state index contributed by atoms with van der Waals surface area (Å²) in [7, 11) is -7.83. The third-order valence-corrected chi connectivity index (χ3v) is 7.75. The first-order valence-corrected chi connectivity index (χ1v) is 13.7. The molecule has 0 bridgehead atoms. The maximum Gasteiger partial charge on any atom is 0.265 e. The Morgan fingerprint density at radius 3 is 2.44 bits per heavy atom. The SMILES string of the molecule is O=S(=O)(O)CCCN1CCSC1=CC=CC1=[N+](CCCS(=O)(=O)O)CCS1. The van der Waals surface area contributed by atoms with Gasteiger partial charge in [0.05, 0.1) is 22.3 Å². The zero-order chi connectivity index (χ0) is 19.9. The van der Waals surface area contributed by atoms with Crippen LogP contribution in [0.1, 0.15) is 12.8 Å². The summed E-state index contributed by atoms with van der Waals surface area (Å²) in [6, 6.07) is 0. The average Bonchev–Trinajstić information content (AvgIpc) is 3.15. The Balaban J connectivity index is 1.90. The molecule has 12 heteroatoms. The molecule has 2 aliphatic rings. The molecule has 0 amide bonds. The van der Waals surface area contributed by atoms with Crippen LogP contribution in [-0.2, 0) is 20.2 Å². The predicted molar refractivity (Wildman–Crippen MR) is 111 cm³/mol. The largest absolute Gasteiger partial charge is 0.366 e. The lowest BCUT2D eigenvalue weighted by Crippen LogP contribution is -2.21. The normalized spacial score (nSPS) is 20.5. The minimum Gasteiger partial charge on any atom is -0.366 e. The van der Waals surface area contributed by atoms with Crippen molar-refractivity contribution in [2.45, 2.75) is 12.8 Å². The van der Waals surface area contributed by atoms with Crippen LogP contribution in [0.3, 0.4) is 0 Å². The van der Waals surface area contributed by atoms with Gasteiger partial charge >= 0.3 is 0 Å². The van der Waals surface area contributed by atoms with E-state index < -0.39 is 20.2 Å². The Kier molecular flexibility index (Phi) is 8.69. The van der Waals surface area contributed by atoms with Gasteiger partial charge < -0.3 is 4.90 Å². The molecule has 1 fully saturated rings. The fourth-order valence-corrected chi connectivity index (χ4v) is 5.87. The molecule has 0 saturated carbocycles. The van der Waals surface area contributed by atoms with Crippen LogP contribution in [0.15, 0.2) is 23.3 Å². The van der Waals surface area contributed by atoms with Crippen LogP contribution in [0.2, 0.25) is 0 Å². The molecular formula is C15H25N2O6S4+. The van der Waals surface area contributed by atoms with Gasteiger partial charge in [-0.2, -0.15) is 16.8 Å². The summed E-state index contributed by atoms with van der Waals surface area (Å²) < 4.78 is 63.0. The Labute approximate surface area is 169 Å². The maximum atomic E-state index is 10.8. The molecule has 2 N–H and O–H groups in total. The quantitative estimate of drug-likeness (QED) is 0.368. The zero-order valence-electron chi connectivity index (χ0n) is 14.9. The van der Waals surface area contributed by atoms with Gasteiger partial charge in [0.15, 0.2) is 6.54 Å². The summed E-state index contributed by atoms with van der Waals surface area (Å²) in [5, 5.41) is 2.14. The van der Waals surface area contributed by atoms with Gasteiger partial charge in [-0.05, 0) is 12.5 Å². The van der Waals surface area contributed by atoms with Crippen molar-refractivity contribution in [3.8, 4) is 0 Å². The van der Waals surface area contributed by atoms with Crippen LogP contribution in [0, 0.1) is 0 Å². The minimum absolute atomic E-state index is 0.232. The fraction of sp³-hybridized carbons (Fsp3) is 0.667. The van der Waals surface area contributed by atoms with Crippen molar-refractivity contribution in [2.24, 2.45) is 0 Å². The molecule has 0 atom stereocenters. The molecule has 8 nitrogen and oxygen atoms in total. The Morgan fingerprint density at radius 1 is 1.04 bits per heavy atom. The number of nitrogens with zero attached hydrogens (tertiary/aromatic N) is 2. The third-order valence-electron chi connectivity index (χ3n) is 3.98. The summed E-state index contributed by atoms with van der Waals surface area (Å²) in [5.41, 5.74) is 0. The van der Waals surface area contributed by atoms with E-state index in [4.69, 9.17) is 9.11 Å². The van der Waals surface area contributed by atoms with Crippen molar-refractivity contribution in [3.05, 3.63) is 23.3 Å². The highest BCUT2D eigenvalue weighted by Gasteiger charge is 2.21. The van der Waals surface area contributed by atoms with E-state index >= 15 is 0 Å². The second-order valence-corrected chi connectivity index (χ2v) is 11.5. The van der Waals surface area contributed by atoms with Crippen molar-refractivity contribution in [3.63, 3.8) is 0 Å². The van der Waals surface area contributed by atoms with E-state index in [1.165, 1.54) is 0 Å². The lowest BCUT2D eigenvalue weighted by atomic mass is 10.4. The minimum atomic E-state index is -3.92. The van der Waals surface area contributed by atoms with Gasteiger partial charge in [-0.25, -0.2) is 4.58 Å². The first kappa shape index (κ1) is 22.8.